The zero-order chi connectivity index (χ0) is 23.3. The Balaban J connectivity index is 1.71. The number of carbonyl (C=O) groups is 3. The Kier molecular flexibility index (Phi) is 5.49. The highest BCUT2D eigenvalue weighted by molar-refractivity contribution is 7.98. The van der Waals surface area contributed by atoms with Crippen LogP contribution in [0.25, 0.3) is 10.9 Å². The highest BCUT2D eigenvalue weighted by Crippen LogP contribution is 2.37. The van der Waals surface area contributed by atoms with Crippen molar-refractivity contribution in [2.45, 2.75) is 49.1 Å². The molecule has 1 aliphatic carbocycles. The van der Waals surface area contributed by atoms with Crippen molar-refractivity contribution in [1.82, 2.24) is 9.88 Å². The van der Waals surface area contributed by atoms with Gasteiger partial charge < -0.3 is 5.32 Å². The van der Waals surface area contributed by atoms with E-state index in [4.69, 9.17) is 11.6 Å². The first-order valence-corrected chi connectivity index (χ1v) is 12.6. The van der Waals surface area contributed by atoms with E-state index in [1.807, 2.05) is 24.5 Å². The lowest BCUT2D eigenvalue weighted by atomic mass is 9.92. The van der Waals surface area contributed by atoms with Crippen LogP contribution in [0.3, 0.4) is 0 Å². The standard InChI is InChI=1S/C25H24ClN3O3S/c1-25(23(31)27-17-6-3-4-7-17)24(32)28-20-11-10-16(26)12-15(20)13-21(28)22(30)29(25)18-8-5-9-19(14-18)33-2/h5,8-14,17H,3-4,6-7H2,1-2H3,(H,27,31). The van der Waals surface area contributed by atoms with Gasteiger partial charge in [-0.3, -0.25) is 23.9 Å². The number of nitrogens with zero attached hydrogens (tertiary/aromatic N) is 2. The third-order valence-electron chi connectivity index (χ3n) is 6.70. The summed E-state index contributed by atoms with van der Waals surface area (Å²) in [6.45, 7) is 1.55. The first kappa shape index (κ1) is 22.0. The van der Waals surface area contributed by atoms with Crippen LogP contribution < -0.4 is 10.2 Å². The molecule has 0 radical (unpaired) electrons. The van der Waals surface area contributed by atoms with Gasteiger partial charge in [0.05, 0.1) is 5.52 Å². The van der Waals surface area contributed by atoms with E-state index in [1.165, 1.54) is 21.2 Å². The van der Waals surface area contributed by atoms with Gasteiger partial charge in [0.2, 0.25) is 5.54 Å². The highest BCUT2D eigenvalue weighted by atomic mass is 35.5. The van der Waals surface area contributed by atoms with E-state index in [9.17, 15) is 14.4 Å². The van der Waals surface area contributed by atoms with E-state index in [-0.39, 0.29) is 11.7 Å². The van der Waals surface area contributed by atoms with Crippen LogP contribution in [-0.4, -0.2) is 40.1 Å². The van der Waals surface area contributed by atoms with Crippen LogP contribution >= 0.6 is 23.4 Å². The minimum absolute atomic E-state index is 0.0122. The second kappa shape index (κ2) is 8.22. The number of hydrogen-bond acceptors (Lipinski definition) is 4. The monoisotopic (exact) mass is 481 g/mol. The van der Waals surface area contributed by atoms with Crippen molar-refractivity contribution < 1.29 is 14.4 Å². The lowest BCUT2D eigenvalue weighted by molar-refractivity contribution is -0.125. The van der Waals surface area contributed by atoms with Crippen molar-refractivity contribution in [3.8, 4) is 0 Å². The van der Waals surface area contributed by atoms with Crippen LogP contribution in [0.4, 0.5) is 5.69 Å². The molecule has 1 unspecified atom stereocenters. The molecule has 0 saturated heterocycles. The Bertz CT molecular complexity index is 1300. The summed E-state index contributed by atoms with van der Waals surface area (Å²) in [5, 5.41) is 4.24. The van der Waals surface area contributed by atoms with E-state index in [0.717, 1.165) is 30.6 Å². The molecule has 1 N–H and O–H groups in total. The van der Waals surface area contributed by atoms with Gasteiger partial charge in [-0.25, -0.2) is 0 Å². The van der Waals surface area contributed by atoms with Crippen LogP contribution in [0.1, 0.15) is 47.9 Å². The minimum atomic E-state index is -1.74. The number of carbonyl (C=O) groups excluding carboxylic acids is 3. The molecule has 2 aliphatic rings. The van der Waals surface area contributed by atoms with Gasteiger partial charge in [-0.15, -0.1) is 11.8 Å². The van der Waals surface area contributed by atoms with Gasteiger partial charge in [0.1, 0.15) is 5.69 Å². The normalized spacial score (nSPS) is 21.0. The number of rotatable bonds is 4. The van der Waals surface area contributed by atoms with E-state index in [0.29, 0.717) is 21.6 Å². The number of aromatic nitrogens is 1. The highest BCUT2D eigenvalue weighted by Gasteiger charge is 2.55. The van der Waals surface area contributed by atoms with Gasteiger partial charge in [-0.2, -0.15) is 0 Å². The largest absolute Gasteiger partial charge is 0.351 e. The van der Waals surface area contributed by atoms with E-state index >= 15 is 0 Å². The molecule has 0 spiro atoms. The van der Waals surface area contributed by atoms with Crippen molar-refractivity contribution in [1.29, 1.82) is 0 Å². The molecule has 1 aliphatic heterocycles. The molecule has 6 nitrogen and oxygen atoms in total. The quantitative estimate of drug-likeness (QED) is 0.414. The third kappa shape index (κ3) is 3.45. The maximum absolute atomic E-state index is 14.1. The Morgan fingerprint density at radius 1 is 1.12 bits per heavy atom. The van der Waals surface area contributed by atoms with Gasteiger partial charge >= 0.3 is 0 Å². The predicted octanol–water partition coefficient (Wildman–Crippen LogP) is 5.13. The molecular formula is C25H24ClN3O3S. The molecule has 3 aromatic rings. The summed E-state index contributed by atoms with van der Waals surface area (Å²) in [5.74, 6) is -1.31. The number of anilines is 1. The summed E-state index contributed by atoms with van der Waals surface area (Å²) < 4.78 is 1.37. The molecule has 1 aromatic heterocycles. The molecular weight excluding hydrogens is 458 g/mol. The fourth-order valence-corrected chi connectivity index (χ4v) is 5.55. The molecule has 2 heterocycles. The number of thioether (sulfide) groups is 1. The van der Waals surface area contributed by atoms with Crippen LogP contribution in [0.5, 0.6) is 0 Å². The maximum atomic E-state index is 14.1. The van der Waals surface area contributed by atoms with Crippen molar-refractivity contribution >= 4 is 57.7 Å². The van der Waals surface area contributed by atoms with Gasteiger partial charge in [-0.1, -0.05) is 30.5 Å². The summed E-state index contributed by atoms with van der Waals surface area (Å²) in [6, 6.07) is 14.2. The molecule has 5 rings (SSSR count). The molecule has 170 valence electrons. The summed E-state index contributed by atoms with van der Waals surface area (Å²) >= 11 is 7.69. The molecule has 2 amide bonds. The van der Waals surface area contributed by atoms with Gasteiger partial charge in [0.15, 0.2) is 0 Å². The lowest BCUT2D eigenvalue weighted by Gasteiger charge is -2.42. The summed E-state index contributed by atoms with van der Waals surface area (Å²) in [4.78, 5) is 44.0. The molecule has 33 heavy (non-hydrogen) atoms. The minimum Gasteiger partial charge on any atom is -0.351 e. The van der Waals surface area contributed by atoms with Crippen molar-refractivity contribution in [3.05, 3.63) is 59.2 Å². The summed E-state index contributed by atoms with van der Waals surface area (Å²) in [7, 11) is 0. The SMILES string of the molecule is CSc1cccc(N2C(=O)c3cc4cc(Cl)ccc4n3C(=O)C2(C)C(=O)NC2CCCC2)c1. The Labute approximate surface area is 201 Å². The topological polar surface area (TPSA) is 71.4 Å². The average molecular weight is 482 g/mol. The van der Waals surface area contributed by atoms with Crippen LogP contribution in [0.15, 0.2) is 53.4 Å². The lowest BCUT2D eigenvalue weighted by Crippen LogP contribution is -2.69. The molecule has 1 atom stereocenters. The summed E-state index contributed by atoms with van der Waals surface area (Å²) in [5.41, 5.74) is -0.447. The first-order chi connectivity index (χ1) is 15.8. The maximum Gasteiger partial charge on any atom is 0.276 e. The van der Waals surface area contributed by atoms with Gasteiger partial charge in [-0.05, 0) is 68.5 Å². The van der Waals surface area contributed by atoms with Crippen LogP contribution in [0.2, 0.25) is 5.02 Å². The number of benzene rings is 2. The van der Waals surface area contributed by atoms with Crippen LogP contribution in [-0.2, 0) is 4.79 Å². The van der Waals surface area contributed by atoms with Crippen molar-refractivity contribution in [2.75, 3.05) is 11.2 Å². The van der Waals surface area contributed by atoms with Gasteiger partial charge in [0, 0.05) is 27.0 Å². The van der Waals surface area contributed by atoms with E-state index in [1.54, 1.807) is 37.3 Å². The fourth-order valence-electron chi connectivity index (χ4n) is 4.91. The van der Waals surface area contributed by atoms with E-state index < -0.39 is 23.3 Å². The number of hydrogen-bond donors (Lipinski definition) is 1. The fraction of sp³-hybridized carbons (Fsp3) is 0.320. The third-order valence-corrected chi connectivity index (χ3v) is 7.66. The molecule has 0 bridgehead atoms. The van der Waals surface area contributed by atoms with Crippen LogP contribution in [0, 0.1) is 0 Å². The van der Waals surface area contributed by atoms with E-state index in [2.05, 4.69) is 5.32 Å². The second-order valence-corrected chi connectivity index (χ2v) is 10.1. The Morgan fingerprint density at radius 2 is 1.88 bits per heavy atom. The Hall–Kier alpha value is -2.77. The number of nitrogens with one attached hydrogen (secondary N) is 1. The molecule has 2 aromatic carbocycles. The molecule has 8 heteroatoms. The zero-order valence-electron chi connectivity index (χ0n) is 18.4. The number of amides is 2. The smallest absolute Gasteiger partial charge is 0.276 e. The summed E-state index contributed by atoms with van der Waals surface area (Å²) in [6.07, 6.45) is 5.78. The first-order valence-electron chi connectivity index (χ1n) is 11.0. The second-order valence-electron chi connectivity index (χ2n) is 8.74. The molecule has 1 fully saturated rings. The number of fused-ring (bicyclic) bond motifs is 3. The zero-order valence-corrected chi connectivity index (χ0v) is 20.0. The average Bonchev–Trinajstić information content (AvgIpc) is 3.45. The van der Waals surface area contributed by atoms with Crippen molar-refractivity contribution in [2.24, 2.45) is 0 Å². The van der Waals surface area contributed by atoms with Gasteiger partial charge in [0.25, 0.3) is 17.7 Å². The predicted molar refractivity (Wildman–Crippen MR) is 131 cm³/mol. The number of halogens is 1. The molecule has 1 saturated carbocycles. The van der Waals surface area contributed by atoms with Crippen molar-refractivity contribution in [3.63, 3.8) is 0 Å². The Morgan fingerprint density at radius 3 is 2.61 bits per heavy atom.